The first-order chi connectivity index (χ1) is 6.25. The minimum Gasteiger partial charge on any atom is -0.481 e. The number of hydrogen-bond acceptors (Lipinski definition) is 2. The Labute approximate surface area is 78.7 Å². The SMILES string of the molecule is O=C(O)CC1CCN2CCCC2C1. The van der Waals surface area contributed by atoms with Gasteiger partial charge < -0.3 is 10.0 Å². The second-order valence-electron chi connectivity index (χ2n) is 4.32. The van der Waals surface area contributed by atoms with Crippen LogP contribution in [0.1, 0.15) is 32.1 Å². The quantitative estimate of drug-likeness (QED) is 0.702. The first kappa shape index (κ1) is 9.00. The molecule has 2 saturated heterocycles. The van der Waals surface area contributed by atoms with Crippen molar-refractivity contribution >= 4 is 5.97 Å². The van der Waals surface area contributed by atoms with Crippen LogP contribution in [0.15, 0.2) is 0 Å². The first-order valence-electron chi connectivity index (χ1n) is 5.21. The van der Waals surface area contributed by atoms with Gasteiger partial charge in [-0.1, -0.05) is 0 Å². The van der Waals surface area contributed by atoms with Gasteiger partial charge in [0.05, 0.1) is 0 Å². The molecule has 0 radical (unpaired) electrons. The molecule has 2 heterocycles. The van der Waals surface area contributed by atoms with E-state index in [4.69, 9.17) is 5.11 Å². The van der Waals surface area contributed by atoms with Gasteiger partial charge in [0.1, 0.15) is 0 Å². The Bertz CT molecular complexity index is 205. The molecule has 0 aromatic rings. The van der Waals surface area contributed by atoms with E-state index in [-0.39, 0.29) is 0 Å². The molecule has 3 heteroatoms. The van der Waals surface area contributed by atoms with Gasteiger partial charge in [-0.3, -0.25) is 4.79 Å². The molecular weight excluding hydrogens is 166 g/mol. The molecule has 0 spiro atoms. The third-order valence-corrected chi connectivity index (χ3v) is 3.39. The highest BCUT2D eigenvalue weighted by atomic mass is 16.4. The van der Waals surface area contributed by atoms with Crippen molar-refractivity contribution in [2.45, 2.75) is 38.1 Å². The number of nitrogens with zero attached hydrogens (tertiary/aromatic N) is 1. The van der Waals surface area contributed by atoms with Crippen LogP contribution in [0.5, 0.6) is 0 Å². The number of carboxylic acids is 1. The summed E-state index contributed by atoms with van der Waals surface area (Å²) < 4.78 is 0. The van der Waals surface area contributed by atoms with E-state index in [9.17, 15) is 4.79 Å². The molecule has 3 nitrogen and oxygen atoms in total. The standard InChI is InChI=1S/C10H17NO2/c12-10(13)7-8-3-5-11-4-1-2-9(11)6-8/h8-9H,1-7H2,(H,12,13). The Balaban J connectivity index is 1.86. The lowest BCUT2D eigenvalue weighted by atomic mass is 9.89. The predicted molar refractivity (Wildman–Crippen MR) is 49.6 cm³/mol. The molecular formula is C10H17NO2. The van der Waals surface area contributed by atoms with Gasteiger partial charge in [-0.25, -0.2) is 0 Å². The van der Waals surface area contributed by atoms with Crippen molar-refractivity contribution in [2.24, 2.45) is 5.92 Å². The van der Waals surface area contributed by atoms with Crippen LogP contribution >= 0.6 is 0 Å². The summed E-state index contributed by atoms with van der Waals surface area (Å²) in [7, 11) is 0. The lowest BCUT2D eigenvalue weighted by molar-refractivity contribution is -0.138. The maximum atomic E-state index is 10.5. The number of hydrogen-bond donors (Lipinski definition) is 1. The molecule has 2 atom stereocenters. The van der Waals surface area contributed by atoms with Gasteiger partial charge in [0.25, 0.3) is 0 Å². The number of rotatable bonds is 2. The first-order valence-corrected chi connectivity index (χ1v) is 5.21. The zero-order chi connectivity index (χ0) is 9.26. The van der Waals surface area contributed by atoms with Crippen LogP contribution in [0.3, 0.4) is 0 Å². The molecule has 74 valence electrons. The lowest BCUT2D eigenvalue weighted by Crippen LogP contribution is -2.38. The molecule has 2 aliphatic heterocycles. The van der Waals surface area contributed by atoms with Gasteiger partial charge >= 0.3 is 5.97 Å². The summed E-state index contributed by atoms with van der Waals surface area (Å²) >= 11 is 0. The summed E-state index contributed by atoms with van der Waals surface area (Å²) in [6.07, 6.45) is 5.18. The minimum absolute atomic E-state index is 0.379. The maximum absolute atomic E-state index is 10.5. The van der Waals surface area contributed by atoms with Crippen LogP contribution in [0.25, 0.3) is 0 Å². The zero-order valence-electron chi connectivity index (χ0n) is 7.91. The van der Waals surface area contributed by atoms with Crippen LogP contribution in [0.4, 0.5) is 0 Å². The van der Waals surface area contributed by atoms with E-state index >= 15 is 0 Å². The summed E-state index contributed by atoms with van der Waals surface area (Å²) in [6, 6.07) is 0.707. The predicted octanol–water partition coefficient (Wildman–Crippen LogP) is 1.34. The van der Waals surface area contributed by atoms with Crippen LogP contribution in [0, 0.1) is 5.92 Å². The topological polar surface area (TPSA) is 40.5 Å². The summed E-state index contributed by atoms with van der Waals surface area (Å²) in [5.41, 5.74) is 0. The maximum Gasteiger partial charge on any atom is 0.303 e. The Kier molecular flexibility index (Phi) is 2.54. The van der Waals surface area contributed by atoms with E-state index in [1.54, 1.807) is 0 Å². The average Bonchev–Trinajstić information content (AvgIpc) is 2.49. The van der Waals surface area contributed by atoms with E-state index in [1.807, 2.05) is 0 Å². The Morgan fingerprint density at radius 1 is 1.38 bits per heavy atom. The van der Waals surface area contributed by atoms with E-state index in [2.05, 4.69) is 4.90 Å². The van der Waals surface area contributed by atoms with E-state index in [1.165, 1.54) is 19.4 Å². The van der Waals surface area contributed by atoms with Gasteiger partial charge in [0.15, 0.2) is 0 Å². The minimum atomic E-state index is -0.628. The zero-order valence-corrected chi connectivity index (χ0v) is 7.91. The molecule has 0 bridgehead atoms. The third-order valence-electron chi connectivity index (χ3n) is 3.39. The monoisotopic (exact) mass is 183 g/mol. The largest absolute Gasteiger partial charge is 0.481 e. The molecule has 0 aromatic carbocycles. The van der Waals surface area contributed by atoms with Crippen molar-refractivity contribution in [3.05, 3.63) is 0 Å². The van der Waals surface area contributed by atoms with E-state index < -0.39 is 5.97 Å². The molecule has 0 saturated carbocycles. The van der Waals surface area contributed by atoms with E-state index in [0.29, 0.717) is 18.4 Å². The normalized spacial score (nSPS) is 34.5. The fourth-order valence-corrected chi connectivity index (χ4v) is 2.74. The lowest BCUT2D eigenvalue weighted by Gasteiger charge is -2.34. The van der Waals surface area contributed by atoms with Crippen LogP contribution < -0.4 is 0 Å². The highest BCUT2D eigenvalue weighted by molar-refractivity contribution is 5.67. The molecule has 2 aliphatic rings. The smallest absolute Gasteiger partial charge is 0.303 e. The molecule has 2 rings (SSSR count). The summed E-state index contributed by atoms with van der Waals surface area (Å²) in [5, 5.41) is 8.69. The van der Waals surface area contributed by atoms with Crippen molar-refractivity contribution in [2.75, 3.05) is 13.1 Å². The molecule has 1 N–H and O–H groups in total. The summed E-state index contributed by atoms with van der Waals surface area (Å²) in [4.78, 5) is 13.1. The Hall–Kier alpha value is -0.570. The molecule has 0 aromatic heterocycles. The van der Waals surface area contributed by atoms with Crippen molar-refractivity contribution in [1.82, 2.24) is 4.90 Å². The number of carboxylic acid groups (broad SMARTS) is 1. The molecule has 0 amide bonds. The average molecular weight is 183 g/mol. The number of carbonyl (C=O) groups is 1. The van der Waals surface area contributed by atoms with Crippen LogP contribution in [-0.2, 0) is 4.79 Å². The summed E-state index contributed by atoms with van der Waals surface area (Å²) in [6.45, 7) is 2.37. The Morgan fingerprint density at radius 3 is 3.00 bits per heavy atom. The number of piperidine rings is 1. The third kappa shape index (κ3) is 2.02. The number of fused-ring (bicyclic) bond motifs is 1. The fraction of sp³-hybridized carbons (Fsp3) is 0.900. The molecule has 2 fully saturated rings. The van der Waals surface area contributed by atoms with Crippen molar-refractivity contribution < 1.29 is 9.90 Å². The van der Waals surface area contributed by atoms with Gasteiger partial charge in [-0.2, -0.15) is 0 Å². The van der Waals surface area contributed by atoms with Crippen molar-refractivity contribution in [3.8, 4) is 0 Å². The summed E-state index contributed by atoms with van der Waals surface area (Å²) in [5.74, 6) is -0.187. The Morgan fingerprint density at radius 2 is 2.23 bits per heavy atom. The highest BCUT2D eigenvalue weighted by Gasteiger charge is 2.32. The van der Waals surface area contributed by atoms with E-state index in [0.717, 1.165) is 19.4 Å². The van der Waals surface area contributed by atoms with Crippen LogP contribution in [0.2, 0.25) is 0 Å². The van der Waals surface area contributed by atoms with Gasteiger partial charge in [0.2, 0.25) is 0 Å². The van der Waals surface area contributed by atoms with Gasteiger partial charge in [-0.05, 0) is 44.7 Å². The van der Waals surface area contributed by atoms with Crippen molar-refractivity contribution in [1.29, 1.82) is 0 Å². The van der Waals surface area contributed by atoms with Crippen molar-refractivity contribution in [3.63, 3.8) is 0 Å². The second kappa shape index (κ2) is 3.66. The van der Waals surface area contributed by atoms with Crippen LogP contribution in [-0.4, -0.2) is 35.1 Å². The molecule has 0 aliphatic carbocycles. The second-order valence-corrected chi connectivity index (χ2v) is 4.32. The number of aliphatic carboxylic acids is 1. The molecule has 13 heavy (non-hydrogen) atoms. The van der Waals surface area contributed by atoms with Gasteiger partial charge in [-0.15, -0.1) is 0 Å². The highest BCUT2D eigenvalue weighted by Crippen LogP contribution is 2.31. The molecule has 2 unspecified atom stereocenters. The fourth-order valence-electron chi connectivity index (χ4n) is 2.74. The van der Waals surface area contributed by atoms with Gasteiger partial charge in [0, 0.05) is 12.5 Å².